The van der Waals surface area contributed by atoms with Gasteiger partial charge < -0.3 is 14.6 Å². The lowest BCUT2D eigenvalue weighted by atomic mass is 9.96. The first-order valence-corrected chi connectivity index (χ1v) is 11.6. The molecule has 5 rings (SSSR count). The van der Waals surface area contributed by atoms with Gasteiger partial charge in [0.25, 0.3) is 11.7 Å². The molecule has 1 aromatic heterocycles. The van der Waals surface area contributed by atoms with E-state index < -0.39 is 17.7 Å². The van der Waals surface area contributed by atoms with Gasteiger partial charge in [0.1, 0.15) is 23.3 Å². The second-order valence-electron chi connectivity index (χ2n) is 8.11. The fourth-order valence-electron chi connectivity index (χ4n) is 4.42. The SMILES string of the molecule is COc1ccc(N2C(=O)C(=O)/C(=C(\O)c3ccc4c(c3)CCCO4)C2c2sccc2C)cc1. The second-order valence-corrected chi connectivity index (χ2v) is 9.06. The molecule has 3 aromatic rings. The fraction of sp³-hybridized carbons (Fsp3) is 0.231. The number of methoxy groups -OCH3 is 1. The number of ketones is 1. The summed E-state index contributed by atoms with van der Waals surface area (Å²) in [6, 6.07) is 13.6. The molecular weight excluding hydrogens is 438 g/mol. The minimum atomic E-state index is -0.717. The minimum absolute atomic E-state index is 0.0954. The van der Waals surface area contributed by atoms with E-state index in [1.165, 1.54) is 16.2 Å². The van der Waals surface area contributed by atoms with E-state index in [1.807, 2.05) is 30.5 Å². The van der Waals surface area contributed by atoms with Crippen molar-refractivity contribution in [3.8, 4) is 11.5 Å². The standard InChI is InChI=1S/C26H23NO5S/c1-15-11-13-33-25(15)22-21(23(28)17-5-10-20-16(14-17)4-3-12-32-20)24(29)26(30)27(22)18-6-8-19(31-2)9-7-18/h5-11,13-14,22,28H,3-4,12H2,1-2H3/b23-21-. The quantitative estimate of drug-likeness (QED) is 0.336. The third kappa shape index (κ3) is 3.58. The zero-order valence-corrected chi connectivity index (χ0v) is 19.1. The summed E-state index contributed by atoms with van der Waals surface area (Å²) in [7, 11) is 1.57. The molecule has 2 aliphatic heterocycles. The molecule has 0 radical (unpaired) electrons. The minimum Gasteiger partial charge on any atom is -0.507 e. The number of aryl methyl sites for hydroxylation is 2. The van der Waals surface area contributed by atoms with Crippen molar-refractivity contribution in [2.45, 2.75) is 25.8 Å². The molecule has 2 aliphatic rings. The summed E-state index contributed by atoms with van der Waals surface area (Å²) >= 11 is 1.46. The third-order valence-corrected chi connectivity index (χ3v) is 7.20. The number of anilines is 1. The molecule has 0 spiro atoms. The Labute approximate surface area is 195 Å². The van der Waals surface area contributed by atoms with Gasteiger partial charge in [-0.15, -0.1) is 11.3 Å². The highest BCUT2D eigenvalue weighted by molar-refractivity contribution is 7.10. The summed E-state index contributed by atoms with van der Waals surface area (Å²) in [6.45, 7) is 2.61. The van der Waals surface area contributed by atoms with Crippen molar-refractivity contribution in [3.05, 3.63) is 81.1 Å². The summed E-state index contributed by atoms with van der Waals surface area (Å²) in [6.07, 6.45) is 1.73. The van der Waals surface area contributed by atoms with Crippen LogP contribution in [0.3, 0.4) is 0 Å². The van der Waals surface area contributed by atoms with Crippen LogP contribution in [0.4, 0.5) is 5.69 Å². The van der Waals surface area contributed by atoms with Crippen molar-refractivity contribution in [2.24, 2.45) is 0 Å². The van der Waals surface area contributed by atoms with Crippen LogP contribution >= 0.6 is 11.3 Å². The Bertz CT molecular complexity index is 1270. The first-order chi connectivity index (χ1) is 16.0. The molecular formula is C26H23NO5S. The van der Waals surface area contributed by atoms with Crippen molar-refractivity contribution >= 4 is 34.5 Å². The highest BCUT2D eigenvalue weighted by atomic mass is 32.1. The molecule has 33 heavy (non-hydrogen) atoms. The Morgan fingerprint density at radius 3 is 2.64 bits per heavy atom. The van der Waals surface area contributed by atoms with Crippen LogP contribution in [0.25, 0.3) is 5.76 Å². The zero-order chi connectivity index (χ0) is 23.1. The van der Waals surface area contributed by atoms with Crippen LogP contribution in [0.1, 0.15) is 34.0 Å². The van der Waals surface area contributed by atoms with Gasteiger partial charge in [0, 0.05) is 16.1 Å². The lowest BCUT2D eigenvalue weighted by molar-refractivity contribution is -0.132. The number of Topliss-reactive ketones (excluding diaryl/α,β-unsaturated/α-hetero) is 1. The summed E-state index contributed by atoms with van der Waals surface area (Å²) in [5.74, 6) is -0.0935. The van der Waals surface area contributed by atoms with Crippen molar-refractivity contribution in [2.75, 3.05) is 18.6 Å². The number of nitrogens with zero attached hydrogens (tertiary/aromatic N) is 1. The molecule has 1 saturated heterocycles. The number of thiophene rings is 1. The number of aliphatic hydroxyl groups excluding tert-OH is 1. The average Bonchev–Trinajstić information content (AvgIpc) is 3.38. The van der Waals surface area contributed by atoms with Crippen LogP contribution in [-0.4, -0.2) is 30.5 Å². The van der Waals surface area contributed by atoms with Crippen LogP contribution in [0.5, 0.6) is 11.5 Å². The smallest absolute Gasteiger partial charge is 0.300 e. The van der Waals surface area contributed by atoms with Crippen LogP contribution < -0.4 is 14.4 Å². The summed E-state index contributed by atoms with van der Waals surface area (Å²) in [5.41, 5.74) is 3.10. The van der Waals surface area contributed by atoms with E-state index in [2.05, 4.69) is 0 Å². The molecule has 1 atom stereocenters. The lowest BCUT2D eigenvalue weighted by Crippen LogP contribution is -2.29. The van der Waals surface area contributed by atoms with Gasteiger partial charge in [-0.1, -0.05) is 0 Å². The maximum Gasteiger partial charge on any atom is 0.300 e. The Morgan fingerprint density at radius 1 is 1.15 bits per heavy atom. The van der Waals surface area contributed by atoms with E-state index in [-0.39, 0.29) is 11.3 Å². The number of aliphatic hydroxyl groups is 1. The summed E-state index contributed by atoms with van der Waals surface area (Å²) < 4.78 is 10.9. The number of hydrogen-bond acceptors (Lipinski definition) is 6. The Kier molecular flexibility index (Phi) is 5.42. The van der Waals surface area contributed by atoms with E-state index in [9.17, 15) is 14.7 Å². The van der Waals surface area contributed by atoms with Gasteiger partial charge in [-0.3, -0.25) is 14.5 Å². The fourth-order valence-corrected chi connectivity index (χ4v) is 5.44. The van der Waals surface area contributed by atoms with Gasteiger partial charge >= 0.3 is 0 Å². The number of fused-ring (bicyclic) bond motifs is 1. The maximum absolute atomic E-state index is 13.3. The van der Waals surface area contributed by atoms with Gasteiger partial charge in [-0.2, -0.15) is 0 Å². The number of rotatable bonds is 4. The number of carbonyl (C=O) groups excluding carboxylic acids is 2. The Balaban J connectivity index is 1.67. The molecule has 1 fully saturated rings. The van der Waals surface area contributed by atoms with Crippen LogP contribution in [0.2, 0.25) is 0 Å². The molecule has 7 heteroatoms. The highest BCUT2D eigenvalue weighted by Crippen LogP contribution is 2.45. The molecule has 1 N–H and O–H groups in total. The van der Waals surface area contributed by atoms with E-state index in [0.29, 0.717) is 23.6 Å². The van der Waals surface area contributed by atoms with E-state index >= 15 is 0 Å². The molecule has 1 amide bonds. The van der Waals surface area contributed by atoms with Crippen LogP contribution in [0.15, 0.2) is 59.5 Å². The zero-order valence-electron chi connectivity index (χ0n) is 18.3. The Morgan fingerprint density at radius 2 is 1.94 bits per heavy atom. The highest BCUT2D eigenvalue weighted by Gasteiger charge is 2.48. The number of benzene rings is 2. The average molecular weight is 462 g/mol. The van der Waals surface area contributed by atoms with E-state index in [4.69, 9.17) is 9.47 Å². The molecule has 1 unspecified atom stereocenters. The summed E-state index contributed by atoms with van der Waals surface area (Å²) in [4.78, 5) is 28.8. The first kappa shape index (κ1) is 21.3. The van der Waals surface area contributed by atoms with Gasteiger partial charge in [-0.05, 0) is 84.8 Å². The van der Waals surface area contributed by atoms with Crippen molar-refractivity contribution < 1.29 is 24.2 Å². The molecule has 0 aliphatic carbocycles. The molecule has 2 aromatic carbocycles. The second kappa shape index (κ2) is 8.41. The van der Waals surface area contributed by atoms with Gasteiger partial charge in [-0.25, -0.2) is 0 Å². The number of hydrogen-bond donors (Lipinski definition) is 1. The number of carbonyl (C=O) groups is 2. The normalized spacial score (nSPS) is 19.3. The topological polar surface area (TPSA) is 76.1 Å². The lowest BCUT2D eigenvalue weighted by Gasteiger charge is -2.25. The van der Waals surface area contributed by atoms with Gasteiger partial charge in [0.2, 0.25) is 0 Å². The van der Waals surface area contributed by atoms with Crippen molar-refractivity contribution in [3.63, 3.8) is 0 Å². The monoisotopic (exact) mass is 461 g/mol. The Hall–Kier alpha value is -3.58. The third-order valence-electron chi connectivity index (χ3n) is 6.13. The van der Waals surface area contributed by atoms with Crippen LogP contribution in [0, 0.1) is 6.92 Å². The van der Waals surface area contributed by atoms with E-state index in [1.54, 1.807) is 37.4 Å². The van der Waals surface area contributed by atoms with E-state index in [0.717, 1.165) is 34.6 Å². The predicted molar refractivity (Wildman–Crippen MR) is 127 cm³/mol. The van der Waals surface area contributed by atoms with Crippen molar-refractivity contribution in [1.29, 1.82) is 0 Å². The van der Waals surface area contributed by atoms with Gasteiger partial charge in [0.05, 0.1) is 19.3 Å². The molecule has 168 valence electrons. The molecule has 0 saturated carbocycles. The summed E-state index contributed by atoms with van der Waals surface area (Å²) in [5, 5.41) is 13.3. The van der Waals surface area contributed by atoms with Crippen molar-refractivity contribution in [1.82, 2.24) is 0 Å². The molecule has 6 nitrogen and oxygen atoms in total. The number of amides is 1. The first-order valence-electron chi connectivity index (χ1n) is 10.7. The predicted octanol–water partition coefficient (Wildman–Crippen LogP) is 5.02. The number of ether oxygens (including phenoxy) is 2. The van der Waals surface area contributed by atoms with Crippen LogP contribution in [-0.2, 0) is 16.0 Å². The largest absolute Gasteiger partial charge is 0.507 e. The molecule has 0 bridgehead atoms. The molecule has 3 heterocycles. The van der Waals surface area contributed by atoms with Gasteiger partial charge in [0.15, 0.2) is 0 Å². The maximum atomic E-state index is 13.3.